The number of thiazole rings is 1. The van der Waals surface area contributed by atoms with Gasteiger partial charge in [-0.3, -0.25) is 4.79 Å². The van der Waals surface area contributed by atoms with E-state index in [1.165, 1.54) is 5.56 Å². The summed E-state index contributed by atoms with van der Waals surface area (Å²) in [5, 5.41) is 10.1. The topological polar surface area (TPSA) is 80.9 Å². The maximum Gasteiger partial charge on any atom is 0.226 e. The maximum absolute atomic E-state index is 12.1. The van der Waals surface area contributed by atoms with Crippen molar-refractivity contribution < 1.29 is 9.32 Å². The van der Waals surface area contributed by atoms with Crippen LogP contribution in [0.15, 0.2) is 64.5 Å². The molecular weight excluding hydrogens is 408 g/mol. The number of carbonyl (C=O) groups is 1. The predicted octanol–water partition coefficient (Wildman–Crippen LogP) is 4.85. The fourth-order valence-corrected chi connectivity index (χ4v) is 3.86. The minimum Gasteiger partial charge on any atom is -0.356 e. The summed E-state index contributed by atoms with van der Waals surface area (Å²) in [7, 11) is 0. The Morgan fingerprint density at radius 1 is 1.00 bits per heavy atom. The average molecular weight is 433 g/mol. The molecule has 31 heavy (non-hydrogen) atoms. The molecule has 0 atom stereocenters. The van der Waals surface area contributed by atoms with Crippen molar-refractivity contribution >= 4 is 17.2 Å². The molecule has 7 heteroatoms. The molecule has 2 aromatic carbocycles. The van der Waals surface area contributed by atoms with Crippen LogP contribution in [0.4, 0.5) is 0 Å². The van der Waals surface area contributed by atoms with E-state index < -0.39 is 0 Å². The van der Waals surface area contributed by atoms with Crippen molar-refractivity contribution in [3.63, 3.8) is 0 Å². The van der Waals surface area contributed by atoms with Crippen molar-refractivity contribution in [3.8, 4) is 22.6 Å². The number of nitrogens with one attached hydrogen (secondary N) is 1. The van der Waals surface area contributed by atoms with Crippen LogP contribution < -0.4 is 5.32 Å². The monoisotopic (exact) mass is 432 g/mol. The largest absolute Gasteiger partial charge is 0.356 e. The molecule has 158 valence electrons. The summed E-state index contributed by atoms with van der Waals surface area (Å²) in [6.07, 6.45) is 2.49. The minimum atomic E-state index is 0.0392. The molecule has 1 N–H and O–H groups in total. The quantitative estimate of drug-likeness (QED) is 0.409. The molecule has 0 unspecified atom stereocenters. The SMILES string of the molecule is Cc1nc(-c2ccc(CCNC(=O)CCCc3nc(-c4ccccc4)no3)cc2)cs1. The lowest BCUT2D eigenvalue weighted by Gasteiger charge is -2.06. The number of rotatable bonds is 9. The van der Waals surface area contributed by atoms with Crippen LogP contribution in [0.1, 0.15) is 29.3 Å². The Balaban J connectivity index is 1.16. The molecule has 0 aliphatic carbocycles. The second kappa shape index (κ2) is 10.1. The van der Waals surface area contributed by atoms with Gasteiger partial charge in [0, 0.05) is 35.9 Å². The van der Waals surface area contributed by atoms with Crippen LogP contribution in [0.25, 0.3) is 22.6 Å². The highest BCUT2D eigenvalue weighted by molar-refractivity contribution is 7.09. The molecule has 1 amide bonds. The highest BCUT2D eigenvalue weighted by Crippen LogP contribution is 2.22. The van der Waals surface area contributed by atoms with Crippen LogP contribution in [0.3, 0.4) is 0 Å². The fourth-order valence-electron chi connectivity index (χ4n) is 3.23. The summed E-state index contributed by atoms with van der Waals surface area (Å²) < 4.78 is 5.29. The summed E-state index contributed by atoms with van der Waals surface area (Å²) in [4.78, 5) is 21.0. The number of aromatic nitrogens is 3. The third kappa shape index (κ3) is 5.86. The molecular formula is C24H24N4O2S. The summed E-state index contributed by atoms with van der Waals surface area (Å²) in [6, 6.07) is 18.1. The summed E-state index contributed by atoms with van der Waals surface area (Å²) >= 11 is 1.65. The van der Waals surface area contributed by atoms with E-state index in [1.54, 1.807) is 11.3 Å². The van der Waals surface area contributed by atoms with E-state index in [-0.39, 0.29) is 5.91 Å². The van der Waals surface area contributed by atoms with Crippen LogP contribution in [-0.2, 0) is 17.6 Å². The van der Waals surface area contributed by atoms with Crippen molar-refractivity contribution in [2.75, 3.05) is 6.54 Å². The molecule has 0 aliphatic heterocycles. The Kier molecular flexibility index (Phi) is 6.84. The van der Waals surface area contributed by atoms with Gasteiger partial charge in [0.25, 0.3) is 0 Å². The van der Waals surface area contributed by atoms with Crippen LogP contribution >= 0.6 is 11.3 Å². The molecule has 0 fully saturated rings. The molecule has 0 saturated carbocycles. The minimum absolute atomic E-state index is 0.0392. The first-order chi connectivity index (χ1) is 15.2. The Labute approximate surface area is 185 Å². The number of nitrogens with zero attached hydrogens (tertiary/aromatic N) is 3. The summed E-state index contributed by atoms with van der Waals surface area (Å²) in [5.74, 6) is 1.18. The molecule has 4 rings (SSSR count). The molecule has 0 radical (unpaired) electrons. The van der Waals surface area contributed by atoms with Crippen molar-refractivity contribution in [2.24, 2.45) is 0 Å². The van der Waals surface area contributed by atoms with Gasteiger partial charge < -0.3 is 9.84 Å². The number of hydrogen-bond acceptors (Lipinski definition) is 6. The van der Waals surface area contributed by atoms with Crippen molar-refractivity contribution in [3.05, 3.63) is 76.4 Å². The smallest absolute Gasteiger partial charge is 0.226 e. The van der Waals surface area contributed by atoms with E-state index in [1.807, 2.05) is 37.3 Å². The van der Waals surface area contributed by atoms with Gasteiger partial charge in [0.2, 0.25) is 17.6 Å². The normalized spacial score (nSPS) is 10.9. The standard InChI is InChI=1S/C24H24N4O2S/c1-17-26-21(16-31-17)19-12-10-18(11-13-19)14-15-25-22(29)8-5-9-23-27-24(28-30-23)20-6-3-2-4-7-20/h2-4,6-7,10-13,16H,5,8-9,14-15H2,1H3,(H,25,29). The van der Waals surface area contributed by atoms with Gasteiger partial charge in [0.15, 0.2) is 0 Å². The number of hydrogen-bond donors (Lipinski definition) is 1. The molecule has 0 saturated heterocycles. The fraction of sp³-hybridized carbons (Fsp3) is 0.250. The highest BCUT2D eigenvalue weighted by atomic mass is 32.1. The summed E-state index contributed by atoms with van der Waals surface area (Å²) in [5.41, 5.74) is 4.24. The van der Waals surface area contributed by atoms with E-state index >= 15 is 0 Å². The van der Waals surface area contributed by atoms with Crippen LogP contribution in [0.5, 0.6) is 0 Å². The van der Waals surface area contributed by atoms with Gasteiger partial charge in [-0.05, 0) is 25.3 Å². The number of carbonyl (C=O) groups excluding carboxylic acids is 1. The average Bonchev–Trinajstić information content (AvgIpc) is 3.44. The molecule has 6 nitrogen and oxygen atoms in total. The zero-order valence-electron chi connectivity index (χ0n) is 17.4. The lowest BCUT2D eigenvalue weighted by atomic mass is 10.1. The van der Waals surface area contributed by atoms with Gasteiger partial charge in [-0.15, -0.1) is 11.3 Å². The van der Waals surface area contributed by atoms with E-state index in [9.17, 15) is 4.79 Å². The van der Waals surface area contributed by atoms with Gasteiger partial charge in [0.05, 0.1) is 10.7 Å². The van der Waals surface area contributed by atoms with Crippen LogP contribution in [0, 0.1) is 6.92 Å². The van der Waals surface area contributed by atoms with Crippen molar-refractivity contribution in [1.82, 2.24) is 20.4 Å². The number of amides is 1. The van der Waals surface area contributed by atoms with E-state index in [4.69, 9.17) is 4.52 Å². The Bertz CT molecular complexity index is 1120. The first-order valence-electron chi connectivity index (χ1n) is 10.3. The van der Waals surface area contributed by atoms with Crippen molar-refractivity contribution in [2.45, 2.75) is 32.6 Å². The molecule has 0 aliphatic rings. The third-order valence-electron chi connectivity index (χ3n) is 4.90. The Morgan fingerprint density at radius 2 is 1.81 bits per heavy atom. The lowest BCUT2D eigenvalue weighted by molar-refractivity contribution is -0.121. The molecule has 2 aromatic heterocycles. The van der Waals surface area contributed by atoms with Crippen LogP contribution in [0.2, 0.25) is 0 Å². The van der Waals surface area contributed by atoms with E-state index in [0.717, 1.165) is 28.2 Å². The van der Waals surface area contributed by atoms with E-state index in [0.29, 0.717) is 37.5 Å². The number of benzene rings is 2. The zero-order valence-corrected chi connectivity index (χ0v) is 18.2. The van der Waals surface area contributed by atoms with Gasteiger partial charge in [0.1, 0.15) is 0 Å². The maximum atomic E-state index is 12.1. The van der Waals surface area contributed by atoms with Crippen LogP contribution in [-0.4, -0.2) is 27.6 Å². The van der Waals surface area contributed by atoms with Gasteiger partial charge in [-0.25, -0.2) is 4.98 Å². The molecule has 0 bridgehead atoms. The Hall–Kier alpha value is -3.32. The first-order valence-corrected chi connectivity index (χ1v) is 11.2. The van der Waals surface area contributed by atoms with E-state index in [2.05, 4.69) is 50.1 Å². The highest BCUT2D eigenvalue weighted by Gasteiger charge is 2.09. The van der Waals surface area contributed by atoms with Crippen molar-refractivity contribution in [1.29, 1.82) is 0 Å². The van der Waals surface area contributed by atoms with Gasteiger partial charge >= 0.3 is 0 Å². The summed E-state index contributed by atoms with van der Waals surface area (Å²) in [6.45, 7) is 2.63. The first kappa shape index (κ1) is 20.9. The molecule has 2 heterocycles. The lowest BCUT2D eigenvalue weighted by Crippen LogP contribution is -2.25. The molecule has 4 aromatic rings. The van der Waals surface area contributed by atoms with Gasteiger partial charge in [-0.1, -0.05) is 59.8 Å². The second-order valence-electron chi connectivity index (χ2n) is 7.28. The predicted molar refractivity (Wildman–Crippen MR) is 122 cm³/mol. The zero-order chi connectivity index (χ0) is 21.5. The molecule has 0 spiro atoms. The Morgan fingerprint density at radius 3 is 2.55 bits per heavy atom. The number of aryl methyl sites for hydroxylation is 2. The third-order valence-corrected chi connectivity index (χ3v) is 5.67. The van der Waals surface area contributed by atoms with Gasteiger partial charge in [-0.2, -0.15) is 4.98 Å². The second-order valence-corrected chi connectivity index (χ2v) is 8.34.